The van der Waals surface area contributed by atoms with Crippen LogP contribution in [0.5, 0.6) is 0 Å². The van der Waals surface area contributed by atoms with Crippen LogP contribution in [0.2, 0.25) is 0 Å². The lowest BCUT2D eigenvalue weighted by molar-refractivity contribution is 0.374. The van der Waals surface area contributed by atoms with Gasteiger partial charge in [-0.1, -0.05) is 42.0 Å². The summed E-state index contributed by atoms with van der Waals surface area (Å²) in [6.07, 6.45) is 2.45. The van der Waals surface area contributed by atoms with Crippen molar-refractivity contribution in [1.29, 1.82) is 0 Å². The predicted octanol–water partition coefficient (Wildman–Crippen LogP) is 4.42. The Kier molecular flexibility index (Phi) is 3.87. The predicted molar refractivity (Wildman–Crippen MR) is 91.3 cm³/mol. The smallest absolute Gasteiger partial charge is 0.0596 e. The molecule has 0 radical (unpaired) electrons. The summed E-state index contributed by atoms with van der Waals surface area (Å²) < 4.78 is 0. The van der Waals surface area contributed by atoms with Gasteiger partial charge in [-0.2, -0.15) is 0 Å². The van der Waals surface area contributed by atoms with Crippen molar-refractivity contribution in [3.8, 4) is 0 Å². The van der Waals surface area contributed by atoms with Crippen LogP contribution in [0.1, 0.15) is 29.9 Å². The van der Waals surface area contributed by atoms with E-state index in [1.54, 1.807) is 0 Å². The molecular formula is C19H24N2. The van der Waals surface area contributed by atoms with Crippen LogP contribution in [0, 0.1) is 6.92 Å². The van der Waals surface area contributed by atoms with Gasteiger partial charge in [0, 0.05) is 20.1 Å². The Hall–Kier alpha value is -1.96. The van der Waals surface area contributed by atoms with Gasteiger partial charge in [0.05, 0.1) is 11.4 Å². The topological polar surface area (TPSA) is 15.3 Å². The molecule has 21 heavy (non-hydrogen) atoms. The molecule has 0 amide bonds. The molecule has 1 aliphatic rings. The van der Waals surface area contributed by atoms with Gasteiger partial charge in [0.15, 0.2) is 0 Å². The zero-order valence-electron chi connectivity index (χ0n) is 13.1. The van der Waals surface area contributed by atoms with E-state index in [1.165, 1.54) is 35.3 Å². The molecule has 0 unspecified atom stereocenters. The number of nitrogens with one attached hydrogen (secondary N) is 1. The minimum atomic E-state index is 0.595. The van der Waals surface area contributed by atoms with Crippen LogP contribution in [0.15, 0.2) is 48.5 Å². The van der Waals surface area contributed by atoms with E-state index >= 15 is 0 Å². The van der Waals surface area contributed by atoms with E-state index in [1.807, 2.05) is 0 Å². The third-order valence-corrected chi connectivity index (χ3v) is 4.43. The number of rotatable bonds is 4. The Morgan fingerprint density at radius 1 is 0.952 bits per heavy atom. The zero-order chi connectivity index (χ0) is 14.8. The Morgan fingerprint density at radius 3 is 2.29 bits per heavy atom. The van der Waals surface area contributed by atoms with Crippen LogP contribution < -0.4 is 10.2 Å². The standard InChI is InChI=1S/C19H24N2/c1-14-8-10-15(11-9-14)16-12-17(13-16)20-18-6-4-5-7-19(18)21(2)3/h4-11,16-17,20H,12-13H2,1-3H3. The van der Waals surface area contributed by atoms with E-state index in [0.29, 0.717) is 6.04 Å². The highest BCUT2D eigenvalue weighted by molar-refractivity contribution is 5.69. The summed E-state index contributed by atoms with van der Waals surface area (Å²) in [6.45, 7) is 2.15. The maximum Gasteiger partial charge on any atom is 0.0596 e. The second-order valence-corrected chi connectivity index (χ2v) is 6.33. The largest absolute Gasteiger partial charge is 0.381 e. The number of anilines is 2. The third kappa shape index (κ3) is 3.05. The number of hydrogen-bond donors (Lipinski definition) is 1. The van der Waals surface area contributed by atoms with E-state index in [-0.39, 0.29) is 0 Å². The van der Waals surface area contributed by atoms with Gasteiger partial charge in [0.2, 0.25) is 0 Å². The van der Waals surface area contributed by atoms with Gasteiger partial charge in [0.25, 0.3) is 0 Å². The van der Waals surface area contributed by atoms with Crippen LogP contribution in [-0.2, 0) is 0 Å². The van der Waals surface area contributed by atoms with Crippen molar-refractivity contribution >= 4 is 11.4 Å². The number of nitrogens with zero attached hydrogens (tertiary/aromatic N) is 1. The van der Waals surface area contributed by atoms with Crippen molar-refractivity contribution in [2.75, 3.05) is 24.3 Å². The molecule has 2 aromatic carbocycles. The SMILES string of the molecule is Cc1ccc(C2CC(Nc3ccccc3N(C)C)C2)cc1. The van der Waals surface area contributed by atoms with E-state index in [0.717, 1.165) is 5.92 Å². The highest BCUT2D eigenvalue weighted by Crippen LogP contribution is 2.39. The Bertz CT molecular complexity index is 595. The van der Waals surface area contributed by atoms with Crippen LogP contribution in [0.4, 0.5) is 11.4 Å². The third-order valence-electron chi connectivity index (χ3n) is 4.43. The van der Waals surface area contributed by atoms with E-state index in [9.17, 15) is 0 Å². The van der Waals surface area contributed by atoms with Crippen LogP contribution in [-0.4, -0.2) is 20.1 Å². The van der Waals surface area contributed by atoms with Gasteiger partial charge in [0.1, 0.15) is 0 Å². The first kappa shape index (κ1) is 14.0. The van der Waals surface area contributed by atoms with E-state index < -0.39 is 0 Å². The summed E-state index contributed by atoms with van der Waals surface area (Å²) in [6, 6.07) is 18.1. The zero-order valence-corrected chi connectivity index (χ0v) is 13.1. The van der Waals surface area contributed by atoms with Crippen molar-refractivity contribution in [2.45, 2.75) is 31.7 Å². The van der Waals surface area contributed by atoms with Crippen LogP contribution >= 0.6 is 0 Å². The second kappa shape index (κ2) is 5.80. The van der Waals surface area contributed by atoms with Gasteiger partial charge in [-0.15, -0.1) is 0 Å². The molecule has 0 aromatic heterocycles. The summed E-state index contributed by atoms with van der Waals surface area (Å²) in [5.41, 5.74) is 5.33. The maximum absolute atomic E-state index is 3.70. The first-order chi connectivity index (χ1) is 10.1. The Morgan fingerprint density at radius 2 is 1.62 bits per heavy atom. The minimum absolute atomic E-state index is 0.595. The summed E-state index contributed by atoms with van der Waals surface area (Å²) in [4.78, 5) is 2.17. The van der Waals surface area contributed by atoms with Crippen molar-refractivity contribution in [2.24, 2.45) is 0 Å². The molecule has 0 atom stereocenters. The normalized spacial score (nSPS) is 20.7. The monoisotopic (exact) mass is 280 g/mol. The van der Waals surface area contributed by atoms with Crippen molar-refractivity contribution < 1.29 is 0 Å². The van der Waals surface area contributed by atoms with Crippen LogP contribution in [0.25, 0.3) is 0 Å². The molecule has 0 saturated heterocycles. The quantitative estimate of drug-likeness (QED) is 0.892. The lowest BCUT2D eigenvalue weighted by Crippen LogP contribution is -2.34. The van der Waals surface area contributed by atoms with Crippen molar-refractivity contribution in [3.63, 3.8) is 0 Å². The molecule has 2 aromatic rings. The van der Waals surface area contributed by atoms with Gasteiger partial charge in [-0.25, -0.2) is 0 Å². The molecule has 0 spiro atoms. The molecule has 1 fully saturated rings. The van der Waals surface area contributed by atoms with Gasteiger partial charge < -0.3 is 10.2 Å². The van der Waals surface area contributed by atoms with Gasteiger partial charge in [-0.3, -0.25) is 0 Å². The summed E-state index contributed by atoms with van der Waals surface area (Å²) in [5, 5.41) is 3.70. The van der Waals surface area contributed by atoms with E-state index in [2.05, 4.69) is 79.8 Å². The highest BCUT2D eigenvalue weighted by Gasteiger charge is 2.30. The summed E-state index contributed by atoms with van der Waals surface area (Å²) >= 11 is 0. The fraction of sp³-hybridized carbons (Fsp3) is 0.368. The Labute approximate surface area is 127 Å². The van der Waals surface area contributed by atoms with Crippen molar-refractivity contribution in [3.05, 3.63) is 59.7 Å². The lowest BCUT2D eigenvalue weighted by atomic mass is 9.75. The minimum Gasteiger partial charge on any atom is -0.381 e. The summed E-state index contributed by atoms with van der Waals surface area (Å²) in [5.74, 6) is 0.717. The molecule has 1 N–H and O–H groups in total. The lowest BCUT2D eigenvalue weighted by Gasteiger charge is -2.37. The molecule has 110 valence electrons. The van der Waals surface area contributed by atoms with Crippen LogP contribution in [0.3, 0.4) is 0 Å². The molecular weight excluding hydrogens is 256 g/mol. The molecule has 2 nitrogen and oxygen atoms in total. The fourth-order valence-corrected chi connectivity index (χ4v) is 3.05. The number of hydrogen-bond acceptors (Lipinski definition) is 2. The maximum atomic E-state index is 3.70. The number of aryl methyl sites for hydroxylation is 1. The summed E-state index contributed by atoms with van der Waals surface area (Å²) in [7, 11) is 4.19. The fourth-order valence-electron chi connectivity index (χ4n) is 3.05. The number of para-hydroxylation sites is 2. The first-order valence-corrected chi connectivity index (χ1v) is 7.73. The first-order valence-electron chi connectivity index (χ1n) is 7.73. The average Bonchev–Trinajstić information content (AvgIpc) is 2.44. The Balaban J connectivity index is 1.61. The van der Waals surface area contributed by atoms with E-state index in [4.69, 9.17) is 0 Å². The van der Waals surface area contributed by atoms with Gasteiger partial charge >= 0.3 is 0 Å². The molecule has 0 bridgehead atoms. The molecule has 3 rings (SSSR count). The van der Waals surface area contributed by atoms with Crippen molar-refractivity contribution in [1.82, 2.24) is 0 Å². The highest BCUT2D eigenvalue weighted by atomic mass is 15.1. The molecule has 0 aliphatic heterocycles. The second-order valence-electron chi connectivity index (χ2n) is 6.33. The number of benzene rings is 2. The molecule has 1 aliphatic carbocycles. The molecule has 0 heterocycles. The average molecular weight is 280 g/mol. The molecule has 2 heteroatoms. The molecule has 1 saturated carbocycles. The van der Waals surface area contributed by atoms with Gasteiger partial charge in [-0.05, 0) is 43.4 Å².